The molecule has 7 heteroatoms. The number of rotatable bonds is 5. The first-order chi connectivity index (χ1) is 9.39. The molecule has 1 saturated carbocycles. The number of hydrogen-bond acceptors (Lipinski definition) is 3. The van der Waals surface area contributed by atoms with Crippen LogP contribution in [0.2, 0.25) is 0 Å². The number of sulfone groups is 1. The van der Waals surface area contributed by atoms with Crippen LogP contribution < -0.4 is 5.32 Å². The van der Waals surface area contributed by atoms with Crippen LogP contribution in [0.3, 0.4) is 0 Å². The Labute approximate surface area is 122 Å². The second-order valence-corrected chi connectivity index (χ2v) is 7.52. The number of anilines is 1. The Morgan fingerprint density at radius 1 is 1.25 bits per heavy atom. The van der Waals surface area contributed by atoms with Crippen LogP contribution in [0.1, 0.15) is 19.3 Å². The Hall–Kier alpha value is -0.880. The molecule has 0 amide bonds. The molecular formula is C13H16ClF2NO2S. The fraction of sp³-hybridized carbons (Fsp3) is 0.538. The molecule has 1 aromatic rings. The van der Waals surface area contributed by atoms with Gasteiger partial charge >= 0.3 is 5.76 Å². The van der Waals surface area contributed by atoms with Crippen LogP contribution in [0.4, 0.5) is 14.5 Å². The van der Waals surface area contributed by atoms with Crippen molar-refractivity contribution >= 4 is 27.1 Å². The summed E-state index contributed by atoms with van der Waals surface area (Å²) in [4.78, 5) is -0.361. The van der Waals surface area contributed by atoms with Gasteiger partial charge in [-0.1, -0.05) is 0 Å². The zero-order chi connectivity index (χ0) is 14.8. The zero-order valence-corrected chi connectivity index (χ0v) is 12.3. The van der Waals surface area contributed by atoms with Gasteiger partial charge in [-0.3, -0.25) is 0 Å². The van der Waals surface area contributed by atoms with E-state index in [1.54, 1.807) is 0 Å². The van der Waals surface area contributed by atoms with Gasteiger partial charge in [0.1, 0.15) is 0 Å². The first kappa shape index (κ1) is 15.5. The molecule has 20 heavy (non-hydrogen) atoms. The second-order valence-electron chi connectivity index (χ2n) is 4.99. The molecule has 0 bridgehead atoms. The average molecular weight is 324 g/mol. The summed E-state index contributed by atoms with van der Waals surface area (Å²) in [6, 6.07) is 5.40. The molecule has 0 saturated heterocycles. The molecule has 0 aliphatic heterocycles. The van der Waals surface area contributed by atoms with E-state index in [1.165, 1.54) is 24.3 Å². The molecular weight excluding hydrogens is 308 g/mol. The van der Waals surface area contributed by atoms with Crippen molar-refractivity contribution in [1.29, 1.82) is 0 Å². The normalized spacial score (nSPS) is 23.2. The molecule has 2 unspecified atom stereocenters. The minimum atomic E-state index is -4.51. The van der Waals surface area contributed by atoms with E-state index >= 15 is 0 Å². The molecule has 0 aromatic heterocycles. The van der Waals surface area contributed by atoms with Crippen molar-refractivity contribution in [2.24, 2.45) is 5.92 Å². The lowest BCUT2D eigenvalue weighted by molar-refractivity contribution is 0.234. The zero-order valence-electron chi connectivity index (χ0n) is 10.7. The summed E-state index contributed by atoms with van der Waals surface area (Å²) in [5.41, 5.74) is 0.719. The molecule has 0 heterocycles. The van der Waals surface area contributed by atoms with Gasteiger partial charge in [-0.25, -0.2) is 8.42 Å². The Bertz CT molecular complexity index is 548. The number of halogens is 3. The van der Waals surface area contributed by atoms with Crippen LogP contribution in [-0.2, 0) is 9.84 Å². The van der Waals surface area contributed by atoms with Gasteiger partial charge in [0.25, 0.3) is 0 Å². The van der Waals surface area contributed by atoms with Crippen LogP contribution in [0, 0.1) is 5.92 Å². The van der Waals surface area contributed by atoms with Crippen molar-refractivity contribution in [3.05, 3.63) is 24.3 Å². The summed E-state index contributed by atoms with van der Waals surface area (Å²) in [5.74, 6) is -2.89. The van der Waals surface area contributed by atoms with Crippen LogP contribution in [0.25, 0.3) is 0 Å². The van der Waals surface area contributed by atoms with Crippen molar-refractivity contribution in [3.63, 3.8) is 0 Å². The van der Waals surface area contributed by atoms with Gasteiger partial charge in [0.05, 0.1) is 4.90 Å². The highest BCUT2D eigenvalue weighted by Crippen LogP contribution is 2.29. The monoisotopic (exact) mass is 323 g/mol. The highest BCUT2D eigenvalue weighted by atomic mass is 35.5. The van der Waals surface area contributed by atoms with Gasteiger partial charge in [-0.05, 0) is 49.4 Å². The summed E-state index contributed by atoms with van der Waals surface area (Å²) in [6.07, 6.45) is 3.05. The topological polar surface area (TPSA) is 46.2 Å². The lowest BCUT2D eigenvalue weighted by Crippen LogP contribution is -2.13. The van der Waals surface area contributed by atoms with Gasteiger partial charge in [0.2, 0.25) is 9.84 Å². The fourth-order valence-corrected chi connectivity index (χ4v) is 3.43. The van der Waals surface area contributed by atoms with Crippen molar-refractivity contribution in [2.45, 2.75) is 35.3 Å². The maximum atomic E-state index is 12.4. The van der Waals surface area contributed by atoms with Crippen LogP contribution in [0.5, 0.6) is 0 Å². The molecule has 2 atom stereocenters. The maximum absolute atomic E-state index is 12.4. The Kier molecular flexibility index (Phi) is 4.86. The van der Waals surface area contributed by atoms with Gasteiger partial charge in [-0.15, -0.1) is 11.6 Å². The molecule has 1 fully saturated rings. The highest BCUT2D eigenvalue weighted by Gasteiger charge is 2.26. The summed E-state index contributed by atoms with van der Waals surface area (Å²) in [6.45, 7) is 0.754. The number of nitrogens with one attached hydrogen (secondary N) is 1. The van der Waals surface area contributed by atoms with E-state index < -0.39 is 15.6 Å². The first-order valence-electron chi connectivity index (χ1n) is 6.39. The first-order valence-corrected chi connectivity index (χ1v) is 8.38. The van der Waals surface area contributed by atoms with Crippen LogP contribution in [0.15, 0.2) is 29.2 Å². The standard InChI is InChI=1S/C13H16ClF2NO2S/c14-10-2-1-9(7-10)8-17-11-3-5-12(6-4-11)20(18,19)13(15)16/h3-6,9-10,13,17H,1-2,7-8H2. The van der Waals surface area contributed by atoms with Crippen molar-refractivity contribution in [1.82, 2.24) is 0 Å². The Balaban J connectivity index is 1.95. The van der Waals surface area contributed by atoms with Crippen molar-refractivity contribution in [3.8, 4) is 0 Å². The largest absolute Gasteiger partial charge is 0.385 e. The molecule has 1 aliphatic rings. The Morgan fingerprint density at radius 2 is 1.90 bits per heavy atom. The van der Waals surface area contributed by atoms with E-state index in [0.29, 0.717) is 5.92 Å². The lowest BCUT2D eigenvalue weighted by Gasteiger charge is -2.12. The van der Waals surface area contributed by atoms with Crippen LogP contribution >= 0.6 is 11.6 Å². The average Bonchev–Trinajstić information content (AvgIpc) is 2.82. The molecule has 2 rings (SSSR count). The van der Waals surface area contributed by atoms with E-state index in [2.05, 4.69) is 5.32 Å². The minimum absolute atomic E-state index is 0.236. The highest BCUT2D eigenvalue weighted by molar-refractivity contribution is 7.91. The fourth-order valence-electron chi connectivity index (χ4n) is 2.33. The molecule has 0 radical (unpaired) electrons. The van der Waals surface area contributed by atoms with E-state index in [1.807, 2.05) is 0 Å². The predicted octanol–water partition coefficient (Wildman–Crippen LogP) is 3.50. The molecule has 1 N–H and O–H groups in total. The van der Waals surface area contributed by atoms with Crippen LogP contribution in [-0.4, -0.2) is 26.1 Å². The molecule has 3 nitrogen and oxygen atoms in total. The van der Waals surface area contributed by atoms with Gasteiger partial charge in [0, 0.05) is 17.6 Å². The van der Waals surface area contributed by atoms with E-state index in [0.717, 1.165) is 31.5 Å². The van der Waals surface area contributed by atoms with Crippen molar-refractivity contribution < 1.29 is 17.2 Å². The maximum Gasteiger partial charge on any atom is 0.341 e. The molecule has 0 spiro atoms. The quantitative estimate of drug-likeness (QED) is 0.844. The van der Waals surface area contributed by atoms with E-state index in [9.17, 15) is 17.2 Å². The van der Waals surface area contributed by atoms with E-state index in [4.69, 9.17) is 11.6 Å². The smallest absolute Gasteiger partial charge is 0.341 e. The van der Waals surface area contributed by atoms with Gasteiger partial charge in [-0.2, -0.15) is 8.78 Å². The molecule has 112 valence electrons. The summed E-state index contributed by atoms with van der Waals surface area (Å²) >= 11 is 6.02. The van der Waals surface area contributed by atoms with Crippen molar-refractivity contribution in [2.75, 3.05) is 11.9 Å². The summed E-state index contributed by atoms with van der Waals surface area (Å²) < 4.78 is 47.3. The molecule has 1 aromatic carbocycles. The predicted molar refractivity (Wildman–Crippen MR) is 75.1 cm³/mol. The molecule has 1 aliphatic carbocycles. The van der Waals surface area contributed by atoms with Gasteiger partial charge < -0.3 is 5.32 Å². The summed E-state index contributed by atoms with van der Waals surface area (Å²) in [5, 5.41) is 3.41. The Morgan fingerprint density at radius 3 is 2.40 bits per heavy atom. The minimum Gasteiger partial charge on any atom is -0.385 e. The third-order valence-electron chi connectivity index (χ3n) is 3.49. The number of alkyl halides is 3. The van der Waals surface area contributed by atoms with Gasteiger partial charge in [0.15, 0.2) is 0 Å². The lowest BCUT2D eigenvalue weighted by atomic mass is 10.1. The summed E-state index contributed by atoms with van der Waals surface area (Å²) in [7, 11) is -4.51. The second kappa shape index (κ2) is 6.26. The number of benzene rings is 1. The van der Waals surface area contributed by atoms with E-state index in [-0.39, 0.29) is 10.3 Å². The number of hydrogen-bond donors (Lipinski definition) is 1. The SMILES string of the molecule is O=S(=O)(c1ccc(NCC2CCC(Cl)C2)cc1)C(F)F. The third-order valence-corrected chi connectivity index (χ3v) is 5.28. The third kappa shape index (κ3) is 3.61.